The molecule has 5 nitrogen and oxygen atoms in total. The van der Waals surface area contributed by atoms with E-state index in [-0.39, 0.29) is 0 Å². The van der Waals surface area contributed by atoms with E-state index in [1.807, 2.05) is 19.3 Å². The molecule has 1 atom stereocenters. The first-order valence-corrected chi connectivity index (χ1v) is 9.91. The molecule has 0 bridgehead atoms. The zero-order valence-corrected chi connectivity index (χ0v) is 15.6. The number of anilines is 1. The highest BCUT2D eigenvalue weighted by Gasteiger charge is 2.21. The second kappa shape index (κ2) is 8.94. The van der Waals surface area contributed by atoms with Gasteiger partial charge in [-0.05, 0) is 49.5 Å². The molecular weight excluding hydrogens is 332 g/mol. The number of aromatic nitrogens is 2. The maximum atomic E-state index is 12.5. The van der Waals surface area contributed by atoms with Gasteiger partial charge in [0.1, 0.15) is 5.82 Å². The van der Waals surface area contributed by atoms with Crippen LogP contribution in [0.4, 0.5) is 5.82 Å². The van der Waals surface area contributed by atoms with Crippen molar-refractivity contribution in [3.63, 3.8) is 0 Å². The van der Waals surface area contributed by atoms with Crippen molar-refractivity contribution in [2.75, 3.05) is 25.5 Å². The molecule has 1 aliphatic rings. The van der Waals surface area contributed by atoms with Gasteiger partial charge in [0.25, 0.3) is 0 Å². The summed E-state index contributed by atoms with van der Waals surface area (Å²) in [6, 6.07) is 4.16. The first kappa shape index (κ1) is 17.9. The van der Waals surface area contributed by atoms with Crippen molar-refractivity contribution in [2.24, 2.45) is 5.92 Å². The Kier molecular flexibility index (Phi) is 6.39. The van der Waals surface area contributed by atoms with Crippen LogP contribution in [0.1, 0.15) is 36.3 Å². The predicted octanol–water partition coefficient (Wildman–Crippen LogP) is 3.38. The van der Waals surface area contributed by atoms with Gasteiger partial charge in [-0.2, -0.15) is 0 Å². The summed E-state index contributed by atoms with van der Waals surface area (Å²) in [7, 11) is 1.85. The highest BCUT2D eigenvalue weighted by atomic mass is 32.1. The number of hydrogen-bond donors (Lipinski definition) is 1. The van der Waals surface area contributed by atoms with Crippen molar-refractivity contribution in [3.8, 4) is 0 Å². The van der Waals surface area contributed by atoms with E-state index < -0.39 is 0 Å². The molecule has 0 unspecified atom stereocenters. The van der Waals surface area contributed by atoms with Crippen LogP contribution in [0.3, 0.4) is 0 Å². The summed E-state index contributed by atoms with van der Waals surface area (Å²) in [6.07, 6.45) is 9.38. The van der Waals surface area contributed by atoms with Gasteiger partial charge >= 0.3 is 0 Å². The number of nitrogens with zero attached hydrogens (tertiary/aromatic N) is 3. The highest BCUT2D eigenvalue weighted by Crippen LogP contribution is 2.22. The lowest BCUT2D eigenvalue weighted by atomic mass is 9.95. The summed E-state index contributed by atoms with van der Waals surface area (Å²) in [4.78, 5) is 24.7. The van der Waals surface area contributed by atoms with Gasteiger partial charge in [0.2, 0.25) is 5.91 Å². The van der Waals surface area contributed by atoms with Crippen LogP contribution in [0, 0.1) is 5.92 Å². The standard InChI is InChI=1S/C19H26N4OS/c1-20-18-14-21-16(13-22-18)12-15-4-2-9-23(10-8-15)19(24)7-6-17-5-3-11-25-17/h3,5,11,13-15H,2,4,6-10,12H2,1H3,(H,20,22)/t15-/m1/s1. The molecule has 1 N–H and O–H groups in total. The van der Waals surface area contributed by atoms with Crippen LogP contribution < -0.4 is 5.32 Å². The molecule has 0 saturated carbocycles. The minimum atomic E-state index is 0.298. The van der Waals surface area contributed by atoms with Gasteiger partial charge in [0.05, 0.1) is 18.1 Å². The summed E-state index contributed by atoms with van der Waals surface area (Å²) in [5.41, 5.74) is 1.04. The predicted molar refractivity (Wildman–Crippen MR) is 102 cm³/mol. The lowest BCUT2D eigenvalue weighted by Crippen LogP contribution is -2.32. The third kappa shape index (κ3) is 5.26. The van der Waals surface area contributed by atoms with E-state index in [0.29, 0.717) is 18.2 Å². The number of hydrogen-bond acceptors (Lipinski definition) is 5. The van der Waals surface area contributed by atoms with E-state index in [0.717, 1.165) is 56.7 Å². The van der Waals surface area contributed by atoms with Crippen LogP contribution in [0.15, 0.2) is 29.9 Å². The third-order valence-corrected chi connectivity index (χ3v) is 5.76. The Labute approximate surface area is 153 Å². The van der Waals surface area contributed by atoms with Crippen molar-refractivity contribution in [1.82, 2.24) is 14.9 Å². The maximum absolute atomic E-state index is 12.5. The number of likely N-dealkylation sites (tertiary alicyclic amines) is 1. The number of nitrogens with one attached hydrogen (secondary N) is 1. The molecule has 134 valence electrons. The Balaban J connectivity index is 1.46. The summed E-state index contributed by atoms with van der Waals surface area (Å²) in [6.45, 7) is 1.76. The molecule has 0 radical (unpaired) electrons. The minimum Gasteiger partial charge on any atom is -0.372 e. The van der Waals surface area contributed by atoms with E-state index in [2.05, 4.69) is 31.6 Å². The van der Waals surface area contributed by atoms with Crippen LogP contribution in [-0.4, -0.2) is 40.9 Å². The van der Waals surface area contributed by atoms with Crippen molar-refractivity contribution in [1.29, 1.82) is 0 Å². The van der Waals surface area contributed by atoms with Crippen LogP contribution in [-0.2, 0) is 17.6 Å². The summed E-state index contributed by atoms with van der Waals surface area (Å²) in [5, 5.41) is 5.06. The molecule has 0 aliphatic carbocycles. The lowest BCUT2D eigenvalue weighted by Gasteiger charge is -2.20. The third-order valence-electron chi connectivity index (χ3n) is 4.83. The molecule has 25 heavy (non-hydrogen) atoms. The van der Waals surface area contributed by atoms with E-state index in [4.69, 9.17) is 0 Å². The normalized spacial score (nSPS) is 18.0. The van der Waals surface area contributed by atoms with Crippen molar-refractivity contribution < 1.29 is 4.79 Å². The van der Waals surface area contributed by atoms with E-state index in [1.165, 1.54) is 4.88 Å². The Morgan fingerprint density at radius 1 is 1.32 bits per heavy atom. The number of aryl methyl sites for hydroxylation is 1. The Morgan fingerprint density at radius 2 is 2.24 bits per heavy atom. The number of thiophene rings is 1. The van der Waals surface area contributed by atoms with Gasteiger partial charge in [0.15, 0.2) is 0 Å². The van der Waals surface area contributed by atoms with Gasteiger partial charge in [-0.15, -0.1) is 11.3 Å². The minimum absolute atomic E-state index is 0.298. The van der Waals surface area contributed by atoms with E-state index in [9.17, 15) is 4.79 Å². The molecule has 0 spiro atoms. The van der Waals surface area contributed by atoms with Gasteiger partial charge < -0.3 is 10.2 Å². The summed E-state index contributed by atoms with van der Waals surface area (Å²) >= 11 is 1.73. The van der Waals surface area contributed by atoms with Crippen LogP contribution in [0.2, 0.25) is 0 Å². The molecule has 2 aromatic rings. The second-order valence-corrected chi connectivity index (χ2v) is 7.64. The average Bonchev–Trinajstić information content (AvgIpc) is 3.06. The summed E-state index contributed by atoms with van der Waals surface area (Å²) in [5.74, 6) is 1.68. The molecule has 3 rings (SSSR count). The quantitative estimate of drug-likeness (QED) is 0.860. The monoisotopic (exact) mass is 358 g/mol. The fourth-order valence-electron chi connectivity index (χ4n) is 3.35. The van der Waals surface area contributed by atoms with Crippen molar-refractivity contribution in [2.45, 2.75) is 38.5 Å². The average molecular weight is 359 g/mol. The smallest absolute Gasteiger partial charge is 0.222 e. The van der Waals surface area contributed by atoms with Crippen LogP contribution in [0.25, 0.3) is 0 Å². The fourth-order valence-corrected chi connectivity index (χ4v) is 4.06. The molecule has 6 heteroatoms. The lowest BCUT2D eigenvalue weighted by molar-refractivity contribution is -0.131. The van der Waals surface area contributed by atoms with Gasteiger partial charge in [-0.1, -0.05) is 6.07 Å². The molecule has 3 heterocycles. The molecule has 1 amide bonds. The number of carbonyl (C=O) groups excluding carboxylic acids is 1. The highest BCUT2D eigenvalue weighted by molar-refractivity contribution is 7.09. The molecule has 2 aromatic heterocycles. The molecule has 0 aromatic carbocycles. The topological polar surface area (TPSA) is 58.1 Å². The SMILES string of the molecule is CNc1cnc(C[C@@H]2CCCN(C(=O)CCc3cccs3)CC2)cn1. The van der Waals surface area contributed by atoms with Crippen molar-refractivity contribution >= 4 is 23.1 Å². The number of amides is 1. The van der Waals surface area contributed by atoms with Crippen molar-refractivity contribution in [3.05, 3.63) is 40.5 Å². The van der Waals surface area contributed by atoms with Gasteiger partial charge in [-0.3, -0.25) is 9.78 Å². The number of rotatable bonds is 6. The fraction of sp³-hybridized carbons (Fsp3) is 0.526. The zero-order valence-electron chi connectivity index (χ0n) is 14.8. The molecule has 1 saturated heterocycles. The Morgan fingerprint density at radius 3 is 2.96 bits per heavy atom. The summed E-state index contributed by atoms with van der Waals surface area (Å²) < 4.78 is 0. The zero-order chi connectivity index (χ0) is 17.5. The van der Waals surface area contributed by atoms with Crippen LogP contribution >= 0.6 is 11.3 Å². The van der Waals surface area contributed by atoms with E-state index >= 15 is 0 Å². The first-order chi connectivity index (χ1) is 12.2. The maximum Gasteiger partial charge on any atom is 0.222 e. The van der Waals surface area contributed by atoms with Gasteiger partial charge in [0, 0.05) is 31.4 Å². The van der Waals surface area contributed by atoms with E-state index in [1.54, 1.807) is 17.5 Å². The Bertz CT molecular complexity index is 657. The molecular formula is C19H26N4OS. The van der Waals surface area contributed by atoms with Gasteiger partial charge in [-0.25, -0.2) is 4.98 Å². The second-order valence-electron chi connectivity index (χ2n) is 6.60. The largest absolute Gasteiger partial charge is 0.372 e. The van der Waals surface area contributed by atoms with Crippen LogP contribution in [0.5, 0.6) is 0 Å². The Hall–Kier alpha value is -1.95. The molecule has 1 fully saturated rings. The number of carbonyl (C=O) groups is 1. The molecule has 1 aliphatic heterocycles. The first-order valence-electron chi connectivity index (χ1n) is 9.03.